The average molecular weight is 479 g/mol. The minimum Gasteiger partial charge on any atom is -0.344 e. The van der Waals surface area contributed by atoms with Gasteiger partial charge in [0.25, 0.3) is 0 Å². The second kappa shape index (κ2) is 11.7. The number of benzene rings is 2. The van der Waals surface area contributed by atoms with Crippen LogP contribution in [0.4, 0.5) is 0 Å². The number of hydrogen-bond donors (Lipinski definition) is 1. The van der Waals surface area contributed by atoms with Gasteiger partial charge in [-0.3, -0.25) is 19.3 Å². The largest absolute Gasteiger partial charge is 0.344 e. The van der Waals surface area contributed by atoms with E-state index in [-0.39, 0.29) is 30.1 Å². The lowest BCUT2D eigenvalue weighted by molar-refractivity contribution is -0.140. The van der Waals surface area contributed by atoms with Crippen LogP contribution in [0, 0.1) is 5.92 Å². The molecule has 1 atom stereocenters. The fourth-order valence-corrected chi connectivity index (χ4v) is 5.12. The van der Waals surface area contributed by atoms with Crippen molar-refractivity contribution < 1.29 is 14.4 Å². The van der Waals surface area contributed by atoms with Crippen molar-refractivity contribution in [3.8, 4) is 0 Å². The molecule has 0 bridgehead atoms. The number of carbonyl (C=O) groups is 3. The Morgan fingerprint density at radius 1 is 0.829 bits per heavy atom. The van der Waals surface area contributed by atoms with Crippen molar-refractivity contribution in [2.75, 3.05) is 45.8 Å². The van der Waals surface area contributed by atoms with Crippen molar-refractivity contribution in [2.45, 2.75) is 45.6 Å². The maximum Gasteiger partial charge on any atom is 0.245 e. The zero-order valence-electron chi connectivity index (χ0n) is 21.0. The molecule has 0 aliphatic carbocycles. The summed E-state index contributed by atoms with van der Waals surface area (Å²) in [5.41, 5.74) is 0.961. The second-order valence-electron chi connectivity index (χ2n) is 10.1. The van der Waals surface area contributed by atoms with Gasteiger partial charge in [-0.2, -0.15) is 0 Å². The van der Waals surface area contributed by atoms with E-state index in [9.17, 15) is 14.4 Å². The van der Waals surface area contributed by atoms with E-state index in [1.54, 1.807) is 0 Å². The quantitative estimate of drug-likeness (QED) is 0.664. The van der Waals surface area contributed by atoms with Gasteiger partial charge >= 0.3 is 0 Å². The molecule has 2 aromatic rings. The number of piperidine rings is 1. The molecule has 2 saturated heterocycles. The Morgan fingerprint density at radius 3 is 2.23 bits per heavy atom. The molecule has 2 fully saturated rings. The Bertz CT molecular complexity index is 1030. The molecular weight excluding hydrogens is 440 g/mol. The van der Waals surface area contributed by atoms with Gasteiger partial charge in [-0.15, -0.1) is 0 Å². The number of fused-ring (bicyclic) bond motifs is 1. The predicted molar refractivity (Wildman–Crippen MR) is 138 cm³/mol. The molecule has 35 heavy (non-hydrogen) atoms. The van der Waals surface area contributed by atoms with Gasteiger partial charge in [-0.05, 0) is 41.5 Å². The first-order valence-corrected chi connectivity index (χ1v) is 13.0. The summed E-state index contributed by atoms with van der Waals surface area (Å²) >= 11 is 0. The van der Waals surface area contributed by atoms with Crippen LogP contribution in [0.1, 0.15) is 38.7 Å². The van der Waals surface area contributed by atoms with Gasteiger partial charge in [0, 0.05) is 39.3 Å². The molecular formula is C28H38N4O3. The Hall–Kier alpha value is -2.93. The third-order valence-corrected chi connectivity index (χ3v) is 7.23. The summed E-state index contributed by atoms with van der Waals surface area (Å²) in [5.74, 6) is 0.00959. The summed E-state index contributed by atoms with van der Waals surface area (Å²) in [7, 11) is 0. The fourth-order valence-electron chi connectivity index (χ4n) is 5.12. The van der Waals surface area contributed by atoms with Crippen molar-refractivity contribution in [3.63, 3.8) is 0 Å². The van der Waals surface area contributed by atoms with Crippen LogP contribution < -0.4 is 5.32 Å². The number of amides is 3. The molecule has 2 aliphatic rings. The molecule has 0 spiro atoms. The summed E-state index contributed by atoms with van der Waals surface area (Å²) < 4.78 is 0. The lowest BCUT2D eigenvalue weighted by Crippen LogP contribution is -2.57. The highest BCUT2D eigenvalue weighted by atomic mass is 16.2. The molecule has 3 amide bonds. The van der Waals surface area contributed by atoms with Crippen molar-refractivity contribution >= 4 is 28.5 Å². The molecule has 0 aromatic heterocycles. The molecule has 7 heteroatoms. The minimum absolute atomic E-state index is 0.0160. The first kappa shape index (κ1) is 25.2. The molecule has 4 rings (SSSR count). The first-order chi connectivity index (χ1) is 16.9. The van der Waals surface area contributed by atoms with Crippen LogP contribution in [0.3, 0.4) is 0 Å². The molecule has 2 aliphatic heterocycles. The van der Waals surface area contributed by atoms with Gasteiger partial charge in [-0.25, -0.2) is 0 Å². The topological polar surface area (TPSA) is 73.0 Å². The summed E-state index contributed by atoms with van der Waals surface area (Å²) in [6, 6.07) is 13.4. The molecule has 2 aromatic carbocycles. The van der Waals surface area contributed by atoms with Crippen molar-refractivity contribution in [2.24, 2.45) is 5.92 Å². The van der Waals surface area contributed by atoms with Crippen LogP contribution in [0.2, 0.25) is 0 Å². The van der Waals surface area contributed by atoms with Gasteiger partial charge < -0.3 is 15.1 Å². The van der Waals surface area contributed by atoms with Crippen molar-refractivity contribution in [1.29, 1.82) is 0 Å². The predicted octanol–water partition coefficient (Wildman–Crippen LogP) is 2.68. The first-order valence-electron chi connectivity index (χ1n) is 13.0. The van der Waals surface area contributed by atoms with Crippen LogP contribution in [0.5, 0.6) is 0 Å². The second-order valence-corrected chi connectivity index (χ2v) is 10.1. The normalized spacial score (nSPS) is 18.0. The SMILES string of the molecule is CC(C)[C@H](NC(=O)Cc1cccc2ccccc12)C(=O)N1CCN(CC(=O)N2CCCCC2)CC1. The molecule has 0 saturated carbocycles. The third kappa shape index (κ3) is 6.40. The van der Waals surface area contributed by atoms with Gasteiger partial charge in [0.2, 0.25) is 17.7 Å². The molecule has 7 nitrogen and oxygen atoms in total. The van der Waals surface area contributed by atoms with Gasteiger partial charge in [-0.1, -0.05) is 56.3 Å². The Morgan fingerprint density at radius 2 is 1.51 bits per heavy atom. The fraction of sp³-hybridized carbons (Fsp3) is 0.536. The highest BCUT2D eigenvalue weighted by molar-refractivity contribution is 5.92. The summed E-state index contributed by atoms with van der Waals surface area (Å²) in [6.07, 6.45) is 3.64. The zero-order chi connectivity index (χ0) is 24.8. The summed E-state index contributed by atoms with van der Waals surface area (Å²) in [4.78, 5) is 44.8. The lowest BCUT2D eigenvalue weighted by atomic mass is 9.99. The molecule has 1 N–H and O–H groups in total. The van der Waals surface area contributed by atoms with Gasteiger partial charge in [0.1, 0.15) is 6.04 Å². The molecule has 0 unspecified atom stereocenters. The van der Waals surface area contributed by atoms with Crippen LogP contribution in [0.25, 0.3) is 10.8 Å². The standard InChI is InChI=1S/C28H38N4O3/c1-21(2)27(29-25(33)19-23-11-8-10-22-9-4-5-12-24(22)23)28(35)32-17-15-30(16-18-32)20-26(34)31-13-6-3-7-14-31/h4-5,8-12,21,27H,3,6-7,13-20H2,1-2H3,(H,29,33)/t27-/m0/s1. The van der Waals surface area contributed by atoms with Crippen molar-refractivity contribution in [1.82, 2.24) is 20.0 Å². The molecule has 0 radical (unpaired) electrons. The maximum atomic E-state index is 13.3. The van der Waals surface area contributed by atoms with Crippen LogP contribution in [0.15, 0.2) is 42.5 Å². The maximum absolute atomic E-state index is 13.3. The lowest BCUT2D eigenvalue weighted by Gasteiger charge is -2.38. The Labute approximate surface area is 208 Å². The van der Waals surface area contributed by atoms with E-state index in [0.29, 0.717) is 32.7 Å². The summed E-state index contributed by atoms with van der Waals surface area (Å²) in [5, 5.41) is 5.17. The smallest absolute Gasteiger partial charge is 0.245 e. The monoisotopic (exact) mass is 478 g/mol. The van der Waals surface area contributed by atoms with Crippen LogP contribution in [-0.4, -0.2) is 84.3 Å². The number of nitrogens with zero attached hydrogens (tertiary/aromatic N) is 3. The van der Waals surface area contributed by atoms with Crippen LogP contribution >= 0.6 is 0 Å². The number of rotatable bonds is 7. The number of nitrogens with one attached hydrogen (secondary N) is 1. The van der Waals surface area contributed by atoms with Crippen molar-refractivity contribution in [3.05, 3.63) is 48.0 Å². The number of likely N-dealkylation sites (tertiary alicyclic amines) is 1. The van der Waals surface area contributed by atoms with E-state index >= 15 is 0 Å². The minimum atomic E-state index is -0.556. The Kier molecular flexibility index (Phi) is 8.39. The molecule has 2 heterocycles. The van der Waals surface area contributed by atoms with Crippen LogP contribution in [-0.2, 0) is 20.8 Å². The zero-order valence-corrected chi connectivity index (χ0v) is 21.0. The third-order valence-electron chi connectivity index (χ3n) is 7.23. The average Bonchev–Trinajstić information content (AvgIpc) is 2.88. The van der Waals surface area contributed by atoms with Gasteiger partial charge in [0.15, 0.2) is 0 Å². The van der Waals surface area contributed by atoms with E-state index in [1.807, 2.05) is 66.1 Å². The van der Waals surface area contributed by atoms with E-state index in [0.717, 1.165) is 42.3 Å². The number of carbonyl (C=O) groups excluding carboxylic acids is 3. The van der Waals surface area contributed by atoms with E-state index < -0.39 is 6.04 Å². The van der Waals surface area contributed by atoms with Gasteiger partial charge in [0.05, 0.1) is 13.0 Å². The highest BCUT2D eigenvalue weighted by Crippen LogP contribution is 2.19. The van der Waals surface area contributed by atoms with E-state index in [1.165, 1.54) is 6.42 Å². The highest BCUT2D eigenvalue weighted by Gasteiger charge is 2.31. The van der Waals surface area contributed by atoms with E-state index in [2.05, 4.69) is 10.2 Å². The van der Waals surface area contributed by atoms with E-state index in [4.69, 9.17) is 0 Å². The Balaban J connectivity index is 1.30. The number of hydrogen-bond acceptors (Lipinski definition) is 4. The summed E-state index contributed by atoms with van der Waals surface area (Å²) in [6.45, 7) is 8.61. The molecule has 188 valence electrons. The number of piperazine rings is 1.